The van der Waals surface area contributed by atoms with E-state index in [0.29, 0.717) is 25.3 Å². The zero-order valence-corrected chi connectivity index (χ0v) is 15.3. The summed E-state index contributed by atoms with van der Waals surface area (Å²) in [5, 5.41) is 5.64. The zero-order chi connectivity index (χ0) is 17.9. The van der Waals surface area contributed by atoms with E-state index in [9.17, 15) is 9.59 Å². The maximum Gasteiger partial charge on any atom is 0.230 e. The first-order valence-corrected chi connectivity index (χ1v) is 9.49. The van der Waals surface area contributed by atoms with E-state index in [4.69, 9.17) is 0 Å². The average molecular weight is 356 g/mol. The van der Waals surface area contributed by atoms with Crippen molar-refractivity contribution < 1.29 is 9.59 Å². The van der Waals surface area contributed by atoms with Gasteiger partial charge in [-0.15, -0.1) is 11.8 Å². The molecule has 2 aromatic rings. The van der Waals surface area contributed by atoms with Gasteiger partial charge in [0.2, 0.25) is 11.8 Å². The fourth-order valence-electron chi connectivity index (χ4n) is 2.36. The molecule has 0 aromatic heterocycles. The topological polar surface area (TPSA) is 58.2 Å². The largest absolute Gasteiger partial charge is 0.354 e. The van der Waals surface area contributed by atoms with Gasteiger partial charge in [-0.3, -0.25) is 9.59 Å². The molecule has 0 spiro atoms. The van der Waals surface area contributed by atoms with Crippen LogP contribution in [-0.4, -0.2) is 30.7 Å². The van der Waals surface area contributed by atoms with Crippen molar-refractivity contribution in [1.29, 1.82) is 0 Å². The van der Waals surface area contributed by atoms with Crippen molar-refractivity contribution in [2.24, 2.45) is 0 Å². The van der Waals surface area contributed by atoms with E-state index in [1.807, 2.05) is 36.4 Å². The third-order valence-electron chi connectivity index (χ3n) is 3.56. The van der Waals surface area contributed by atoms with E-state index in [0.717, 1.165) is 11.3 Å². The average Bonchev–Trinajstić information content (AvgIpc) is 2.60. The van der Waals surface area contributed by atoms with Crippen LogP contribution in [0.5, 0.6) is 0 Å². The van der Waals surface area contributed by atoms with Crippen molar-refractivity contribution in [3.63, 3.8) is 0 Å². The third-order valence-corrected chi connectivity index (χ3v) is 4.56. The van der Waals surface area contributed by atoms with Crippen LogP contribution in [0.3, 0.4) is 0 Å². The van der Waals surface area contributed by atoms with Crippen molar-refractivity contribution in [2.45, 2.75) is 19.1 Å². The fourth-order valence-corrected chi connectivity index (χ4v) is 3.17. The van der Waals surface area contributed by atoms with Crippen molar-refractivity contribution in [3.8, 4) is 0 Å². The van der Waals surface area contributed by atoms with Gasteiger partial charge in [-0.2, -0.15) is 0 Å². The number of amides is 2. The number of aryl methyl sites for hydroxylation is 1. The fraction of sp³-hybridized carbons (Fsp3) is 0.300. The lowest BCUT2D eigenvalue weighted by Gasteiger charge is -2.07. The number of hydrogen-bond acceptors (Lipinski definition) is 3. The molecule has 0 saturated carbocycles. The smallest absolute Gasteiger partial charge is 0.230 e. The van der Waals surface area contributed by atoms with E-state index >= 15 is 0 Å². The molecule has 2 N–H and O–H groups in total. The monoisotopic (exact) mass is 356 g/mol. The molecule has 0 heterocycles. The SMILES string of the molecule is Cc1cccc(CSCC(=O)NCCNC(=O)Cc2ccccc2)c1. The van der Waals surface area contributed by atoms with E-state index in [1.54, 1.807) is 11.8 Å². The second kappa shape index (κ2) is 10.6. The molecule has 0 unspecified atom stereocenters. The van der Waals surface area contributed by atoms with Gasteiger partial charge >= 0.3 is 0 Å². The van der Waals surface area contributed by atoms with Gasteiger partial charge in [-0.1, -0.05) is 60.2 Å². The Morgan fingerprint density at radius 1 is 0.880 bits per heavy atom. The summed E-state index contributed by atoms with van der Waals surface area (Å²) in [4.78, 5) is 23.6. The van der Waals surface area contributed by atoms with Crippen LogP contribution in [0.2, 0.25) is 0 Å². The lowest BCUT2D eigenvalue weighted by atomic mass is 10.1. The molecule has 0 radical (unpaired) electrons. The molecule has 132 valence electrons. The van der Waals surface area contributed by atoms with Crippen LogP contribution in [0.25, 0.3) is 0 Å². The van der Waals surface area contributed by atoms with E-state index < -0.39 is 0 Å². The van der Waals surface area contributed by atoms with Crippen molar-refractivity contribution in [1.82, 2.24) is 10.6 Å². The van der Waals surface area contributed by atoms with Gasteiger partial charge in [0, 0.05) is 18.8 Å². The highest BCUT2D eigenvalue weighted by Crippen LogP contribution is 2.13. The Kier molecular flexibility index (Phi) is 8.05. The standard InChI is InChI=1S/C20H24N2O2S/c1-16-6-5-9-18(12-16)14-25-15-20(24)22-11-10-21-19(23)13-17-7-3-2-4-8-17/h2-9,12H,10-11,13-15H2,1H3,(H,21,23)(H,22,24). The molecule has 0 aliphatic rings. The highest BCUT2D eigenvalue weighted by Gasteiger charge is 2.04. The minimum absolute atomic E-state index is 0.00467. The maximum absolute atomic E-state index is 11.8. The Bertz CT molecular complexity index is 689. The Morgan fingerprint density at radius 3 is 2.28 bits per heavy atom. The van der Waals surface area contributed by atoms with E-state index in [2.05, 4.69) is 35.8 Å². The van der Waals surface area contributed by atoms with Crippen LogP contribution < -0.4 is 10.6 Å². The van der Waals surface area contributed by atoms with Gasteiger partial charge in [0.1, 0.15) is 0 Å². The van der Waals surface area contributed by atoms with Crippen LogP contribution in [0.15, 0.2) is 54.6 Å². The van der Waals surface area contributed by atoms with Gasteiger partial charge in [0.15, 0.2) is 0 Å². The number of carbonyl (C=O) groups is 2. The van der Waals surface area contributed by atoms with Crippen molar-refractivity contribution >= 4 is 23.6 Å². The molecule has 25 heavy (non-hydrogen) atoms. The minimum atomic E-state index is -0.0331. The lowest BCUT2D eigenvalue weighted by molar-refractivity contribution is -0.121. The molecule has 0 atom stereocenters. The number of hydrogen-bond donors (Lipinski definition) is 2. The molecule has 2 aromatic carbocycles. The molecule has 0 saturated heterocycles. The first-order valence-electron chi connectivity index (χ1n) is 8.34. The third kappa shape index (κ3) is 7.90. The molecule has 0 aliphatic heterocycles. The Balaban J connectivity index is 1.54. The van der Waals surface area contributed by atoms with Crippen LogP contribution in [0.4, 0.5) is 0 Å². The minimum Gasteiger partial charge on any atom is -0.354 e. The van der Waals surface area contributed by atoms with Gasteiger partial charge in [0.25, 0.3) is 0 Å². The Labute approximate surface area is 153 Å². The van der Waals surface area contributed by atoms with Crippen LogP contribution >= 0.6 is 11.8 Å². The molecular weight excluding hydrogens is 332 g/mol. The first kappa shape index (κ1) is 19.1. The Morgan fingerprint density at radius 2 is 1.56 bits per heavy atom. The van der Waals surface area contributed by atoms with Crippen molar-refractivity contribution in [2.75, 3.05) is 18.8 Å². The molecule has 0 aliphatic carbocycles. The molecule has 4 nitrogen and oxygen atoms in total. The van der Waals surface area contributed by atoms with Crippen LogP contribution in [0.1, 0.15) is 16.7 Å². The highest BCUT2D eigenvalue weighted by molar-refractivity contribution is 7.99. The van der Waals surface area contributed by atoms with Crippen LogP contribution in [0, 0.1) is 6.92 Å². The number of benzene rings is 2. The van der Waals surface area contributed by atoms with Gasteiger partial charge < -0.3 is 10.6 Å². The molecule has 0 fully saturated rings. The van der Waals surface area contributed by atoms with Gasteiger partial charge in [0.05, 0.1) is 12.2 Å². The summed E-state index contributed by atoms with van der Waals surface area (Å²) in [6, 6.07) is 17.9. The highest BCUT2D eigenvalue weighted by atomic mass is 32.2. The summed E-state index contributed by atoms with van der Waals surface area (Å²) in [5.74, 6) is 1.21. The van der Waals surface area contributed by atoms with Crippen LogP contribution in [-0.2, 0) is 21.8 Å². The lowest BCUT2D eigenvalue weighted by Crippen LogP contribution is -2.36. The number of carbonyl (C=O) groups excluding carboxylic acids is 2. The van der Waals surface area contributed by atoms with E-state index in [-0.39, 0.29) is 11.8 Å². The van der Waals surface area contributed by atoms with Gasteiger partial charge in [-0.05, 0) is 18.1 Å². The normalized spacial score (nSPS) is 10.3. The number of rotatable bonds is 9. The Hall–Kier alpha value is -2.27. The van der Waals surface area contributed by atoms with E-state index in [1.165, 1.54) is 11.1 Å². The summed E-state index contributed by atoms with van der Waals surface area (Å²) in [6.07, 6.45) is 0.362. The summed E-state index contributed by atoms with van der Waals surface area (Å²) in [6.45, 7) is 2.96. The summed E-state index contributed by atoms with van der Waals surface area (Å²) in [7, 11) is 0. The molecule has 5 heteroatoms. The maximum atomic E-state index is 11.8. The quantitative estimate of drug-likeness (QED) is 0.679. The summed E-state index contributed by atoms with van der Waals surface area (Å²) < 4.78 is 0. The first-order chi connectivity index (χ1) is 12.1. The molecule has 2 amide bonds. The van der Waals surface area contributed by atoms with Crippen molar-refractivity contribution in [3.05, 3.63) is 71.3 Å². The molecule has 0 bridgehead atoms. The number of thioether (sulfide) groups is 1. The summed E-state index contributed by atoms with van der Waals surface area (Å²) >= 11 is 1.59. The predicted molar refractivity (Wildman–Crippen MR) is 104 cm³/mol. The zero-order valence-electron chi connectivity index (χ0n) is 14.5. The second-order valence-corrected chi connectivity index (χ2v) is 6.83. The van der Waals surface area contributed by atoms with Gasteiger partial charge in [-0.25, -0.2) is 0 Å². The second-order valence-electron chi connectivity index (χ2n) is 5.84. The molecular formula is C20H24N2O2S. The summed E-state index contributed by atoms with van der Waals surface area (Å²) in [5.41, 5.74) is 3.44. The predicted octanol–water partition coefficient (Wildman–Crippen LogP) is 2.70. The molecule has 2 rings (SSSR count). The number of nitrogens with one attached hydrogen (secondary N) is 2.